The van der Waals surface area contributed by atoms with Crippen LogP contribution in [0, 0.1) is 10.1 Å². The summed E-state index contributed by atoms with van der Waals surface area (Å²) in [6, 6.07) is 3.55. The standard InChI is InChI=1S/C11H15N3O4/c1-11(2,12-3)10(16)13-8-5-4-7(15)6-9(8)14(17)18/h4-6,12,15H,1-3H3,(H,13,16). The molecule has 0 aliphatic heterocycles. The van der Waals surface area contributed by atoms with Crippen LogP contribution in [0.2, 0.25) is 0 Å². The molecule has 1 aromatic carbocycles. The van der Waals surface area contributed by atoms with Gasteiger partial charge in [-0.05, 0) is 33.0 Å². The molecule has 1 amide bonds. The number of amides is 1. The van der Waals surface area contributed by atoms with Crippen molar-refractivity contribution in [2.75, 3.05) is 12.4 Å². The molecule has 0 unspecified atom stereocenters. The largest absolute Gasteiger partial charge is 0.508 e. The number of likely N-dealkylation sites (N-methyl/N-ethyl adjacent to an activating group) is 1. The molecule has 0 bridgehead atoms. The number of anilines is 1. The molecule has 7 heteroatoms. The Balaban J connectivity index is 3.05. The minimum atomic E-state index is -0.855. The highest BCUT2D eigenvalue weighted by atomic mass is 16.6. The van der Waals surface area contributed by atoms with E-state index in [9.17, 15) is 20.0 Å². The number of benzene rings is 1. The maximum atomic E-state index is 11.9. The molecule has 18 heavy (non-hydrogen) atoms. The number of phenolic OH excluding ortho intramolecular Hbond substituents is 1. The van der Waals surface area contributed by atoms with E-state index < -0.39 is 16.4 Å². The highest BCUT2D eigenvalue weighted by Gasteiger charge is 2.27. The van der Waals surface area contributed by atoms with Crippen molar-refractivity contribution >= 4 is 17.3 Å². The number of hydrogen-bond donors (Lipinski definition) is 3. The van der Waals surface area contributed by atoms with E-state index in [1.165, 1.54) is 12.1 Å². The van der Waals surface area contributed by atoms with Crippen LogP contribution in [-0.2, 0) is 4.79 Å². The fraction of sp³-hybridized carbons (Fsp3) is 0.364. The maximum Gasteiger partial charge on any atom is 0.296 e. The van der Waals surface area contributed by atoms with E-state index in [0.717, 1.165) is 6.07 Å². The number of carbonyl (C=O) groups is 1. The van der Waals surface area contributed by atoms with E-state index >= 15 is 0 Å². The Labute approximate surface area is 104 Å². The fourth-order valence-electron chi connectivity index (χ4n) is 1.17. The SMILES string of the molecule is CNC(C)(C)C(=O)Nc1ccc(O)cc1[N+](=O)[O-]. The van der Waals surface area contributed by atoms with Gasteiger partial charge in [0, 0.05) is 0 Å². The lowest BCUT2D eigenvalue weighted by molar-refractivity contribution is -0.384. The third-order valence-corrected chi connectivity index (χ3v) is 2.62. The number of phenols is 1. The minimum absolute atomic E-state index is 0.0473. The summed E-state index contributed by atoms with van der Waals surface area (Å²) in [5.74, 6) is -0.633. The zero-order chi connectivity index (χ0) is 13.9. The van der Waals surface area contributed by atoms with Gasteiger partial charge in [-0.2, -0.15) is 0 Å². The van der Waals surface area contributed by atoms with Gasteiger partial charge in [0.1, 0.15) is 11.4 Å². The van der Waals surface area contributed by atoms with Gasteiger partial charge in [0.15, 0.2) is 0 Å². The van der Waals surface area contributed by atoms with Crippen LogP contribution in [0.4, 0.5) is 11.4 Å². The summed E-state index contributed by atoms with van der Waals surface area (Å²) in [4.78, 5) is 22.0. The first-order valence-corrected chi connectivity index (χ1v) is 5.25. The van der Waals surface area contributed by atoms with Crippen LogP contribution in [0.5, 0.6) is 5.75 Å². The lowest BCUT2D eigenvalue weighted by Crippen LogP contribution is -2.47. The zero-order valence-electron chi connectivity index (χ0n) is 10.4. The van der Waals surface area contributed by atoms with Gasteiger partial charge < -0.3 is 15.7 Å². The first kappa shape index (κ1) is 13.9. The first-order chi connectivity index (χ1) is 8.27. The highest BCUT2D eigenvalue weighted by molar-refractivity contribution is 5.99. The van der Waals surface area contributed by atoms with Crippen LogP contribution < -0.4 is 10.6 Å². The molecular weight excluding hydrogens is 238 g/mol. The van der Waals surface area contributed by atoms with Crippen molar-refractivity contribution in [1.29, 1.82) is 0 Å². The number of nitrogens with zero attached hydrogens (tertiary/aromatic N) is 1. The smallest absolute Gasteiger partial charge is 0.296 e. The summed E-state index contributed by atoms with van der Waals surface area (Å²) in [5, 5.41) is 25.2. The third-order valence-electron chi connectivity index (χ3n) is 2.62. The van der Waals surface area contributed by atoms with Crippen molar-refractivity contribution in [3.8, 4) is 5.75 Å². The normalized spacial score (nSPS) is 11.1. The van der Waals surface area contributed by atoms with Crippen LogP contribution in [-0.4, -0.2) is 28.5 Å². The second-order valence-corrected chi connectivity index (χ2v) is 4.29. The quantitative estimate of drug-likeness (QED) is 0.425. The van der Waals surface area contributed by atoms with Crippen LogP contribution in [0.1, 0.15) is 13.8 Å². The molecule has 1 rings (SSSR count). The molecule has 0 spiro atoms. The molecule has 7 nitrogen and oxygen atoms in total. The number of carbonyl (C=O) groups excluding carboxylic acids is 1. The maximum absolute atomic E-state index is 11.9. The predicted octanol–water partition coefficient (Wildman–Crippen LogP) is 1.24. The Hall–Kier alpha value is -2.15. The van der Waals surface area contributed by atoms with Gasteiger partial charge in [-0.1, -0.05) is 0 Å². The number of rotatable bonds is 4. The van der Waals surface area contributed by atoms with Crippen molar-refractivity contribution < 1.29 is 14.8 Å². The molecular formula is C11H15N3O4. The van der Waals surface area contributed by atoms with Crippen LogP contribution in [0.3, 0.4) is 0 Å². The van der Waals surface area contributed by atoms with E-state index in [2.05, 4.69) is 10.6 Å². The van der Waals surface area contributed by atoms with Crippen molar-refractivity contribution in [3.05, 3.63) is 28.3 Å². The molecule has 0 heterocycles. The molecule has 0 aromatic heterocycles. The van der Waals surface area contributed by atoms with Gasteiger partial charge in [0.25, 0.3) is 5.69 Å². The summed E-state index contributed by atoms with van der Waals surface area (Å²) < 4.78 is 0. The molecule has 0 radical (unpaired) electrons. The van der Waals surface area contributed by atoms with Gasteiger partial charge in [-0.15, -0.1) is 0 Å². The van der Waals surface area contributed by atoms with Gasteiger partial charge in [0.2, 0.25) is 5.91 Å². The monoisotopic (exact) mass is 253 g/mol. The lowest BCUT2D eigenvalue weighted by atomic mass is 10.0. The van der Waals surface area contributed by atoms with Gasteiger partial charge in [-0.3, -0.25) is 14.9 Å². The zero-order valence-corrected chi connectivity index (χ0v) is 10.4. The number of hydrogen-bond acceptors (Lipinski definition) is 5. The second-order valence-electron chi connectivity index (χ2n) is 4.29. The van der Waals surface area contributed by atoms with Crippen molar-refractivity contribution in [2.45, 2.75) is 19.4 Å². The van der Waals surface area contributed by atoms with Gasteiger partial charge >= 0.3 is 0 Å². The number of aromatic hydroxyl groups is 1. The van der Waals surface area contributed by atoms with Crippen molar-refractivity contribution in [1.82, 2.24) is 5.32 Å². The Kier molecular flexibility index (Phi) is 3.87. The molecule has 0 fully saturated rings. The van der Waals surface area contributed by atoms with Gasteiger partial charge in [-0.25, -0.2) is 0 Å². The van der Waals surface area contributed by atoms with E-state index in [-0.39, 0.29) is 17.1 Å². The predicted molar refractivity (Wildman–Crippen MR) is 66.5 cm³/mol. The van der Waals surface area contributed by atoms with Gasteiger partial charge in [0.05, 0.1) is 16.5 Å². The average molecular weight is 253 g/mol. The molecule has 0 aliphatic carbocycles. The topological polar surface area (TPSA) is 104 Å². The Morgan fingerprint density at radius 3 is 2.56 bits per heavy atom. The summed E-state index contributed by atoms with van der Waals surface area (Å²) in [6.45, 7) is 3.29. The Morgan fingerprint density at radius 2 is 2.06 bits per heavy atom. The molecule has 0 saturated carbocycles. The summed E-state index contributed by atoms with van der Waals surface area (Å²) >= 11 is 0. The molecule has 0 atom stereocenters. The molecule has 0 aliphatic rings. The second kappa shape index (κ2) is 5.01. The molecule has 3 N–H and O–H groups in total. The third kappa shape index (κ3) is 2.95. The van der Waals surface area contributed by atoms with E-state index in [4.69, 9.17) is 0 Å². The summed E-state index contributed by atoms with van der Waals surface area (Å²) in [6.07, 6.45) is 0. The van der Waals surface area contributed by atoms with Crippen LogP contribution in [0.15, 0.2) is 18.2 Å². The highest BCUT2D eigenvalue weighted by Crippen LogP contribution is 2.28. The van der Waals surface area contributed by atoms with Crippen LogP contribution in [0.25, 0.3) is 0 Å². The number of nitro benzene ring substituents is 1. The van der Waals surface area contributed by atoms with E-state index in [1.54, 1.807) is 20.9 Å². The Bertz CT molecular complexity index is 485. The Morgan fingerprint density at radius 1 is 1.44 bits per heavy atom. The summed E-state index contributed by atoms with van der Waals surface area (Å²) in [7, 11) is 1.62. The lowest BCUT2D eigenvalue weighted by Gasteiger charge is -2.22. The fourth-order valence-corrected chi connectivity index (χ4v) is 1.17. The molecule has 98 valence electrons. The van der Waals surface area contributed by atoms with Crippen LogP contribution >= 0.6 is 0 Å². The van der Waals surface area contributed by atoms with E-state index in [0.29, 0.717) is 0 Å². The summed E-state index contributed by atoms with van der Waals surface area (Å²) in [5.41, 5.74) is -1.16. The number of nitro groups is 1. The van der Waals surface area contributed by atoms with E-state index in [1.807, 2.05) is 0 Å². The average Bonchev–Trinajstić information content (AvgIpc) is 2.31. The number of nitrogens with one attached hydrogen (secondary N) is 2. The van der Waals surface area contributed by atoms with Crippen molar-refractivity contribution in [2.24, 2.45) is 0 Å². The van der Waals surface area contributed by atoms with Crippen molar-refractivity contribution in [3.63, 3.8) is 0 Å². The molecule has 0 saturated heterocycles. The first-order valence-electron chi connectivity index (χ1n) is 5.25. The minimum Gasteiger partial charge on any atom is -0.508 e. The molecule has 1 aromatic rings.